The van der Waals surface area contributed by atoms with Gasteiger partial charge in [0.05, 0.1) is 17.1 Å². The van der Waals surface area contributed by atoms with Crippen LogP contribution in [0.3, 0.4) is 0 Å². The smallest absolute Gasteiger partial charge is 0.505 e. The summed E-state index contributed by atoms with van der Waals surface area (Å²) in [7, 11) is -5.63. The van der Waals surface area contributed by atoms with E-state index in [1.807, 2.05) is 0 Å². The average Bonchev–Trinajstić information content (AvgIpc) is 3.12. The lowest BCUT2D eigenvalue weighted by Gasteiger charge is -2.13. The summed E-state index contributed by atoms with van der Waals surface area (Å²) in [4.78, 5) is 12.9. The van der Waals surface area contributed by atoms with Crippen molar-refractivity contribution in [2.24, 2.45) is 10.2 Å². The molecule has 0 radical (unpaired) electrons. The van der Waals surface area contributed by atoms with Crippen molar-refractivity contribution < 1.29 is 35.9 Å². The van der Waals surface area contributed by atoms with Crippen LogP contribution in [-0.4, -0.2) is 36.4 Å². The topological polar surface area (TPSA) is 123 Å². The number of anilines is 3. The number of aromatic hydroxyl groups is 1. The Labute approximate surface area is 214 Å². The number of amides is 1. The zero-order chi connectivity index (χ0) is 27.8. The van der Waals surface area contributed by atoms with Crippen LogP contribution in [0.25, 0.3) is 11.1 Å². The first-order valence-corrected chi connectivity index (χ1v) is 12.3. The van der Waals surface area contributed by atoms with Crippen LogP contribution in [0.5, 0.6) is 5.75 Å². The molecule has 1 aliphatic rings. The summed E-state index contributed by atoms with van der Waals surface area (Å²) in [5.41, 5.74) is -2.04. The van der Waals surface area contributed by atoms with Gasteiger partial charge in [-0.1, -0.05) is 24.3 Å². The van der Waals surface area contributed by atoms with E-state index in [0.717, 1.165) is 17.1 Å². The quantitative estimate of drug-likeness (QED) is 0.228. The van der Waals surface area contributed by atoms with Crippen molar-refractivity contribution >= 4 is 44.4 Å². The van der Waals surface area contributed by atoms with Crippen molar-refractivity contribution in [1.29, 1.82) is 0 Å². The fourth-order valence-electron chi connectivity index (χ4n) is 3.51. The van der Waals surface area contributed by atoms with Crippen LogP contribution in [0, 0.1) is 12.7 Å². The number of hydrogen-bond acceptors (Lipinski definition) is 7. The van der Waals surface area contributed by atoms with Crippen molar-refractivity contribution in [1.82, 2.24) is 0 Å². The zero-order valence-corrected chi connectivity index (χ0v) is 20.5. The molecule has 0 bridgehead atoms. The highest BCUT2D eigenvalue weighted by atomic mass is 32.2. The molecule has 3 aromatic rings. The van der Waals surface area contributed by atoms with E-state index in [1.165, 1.54) is 53.3 Å². The van der Waals surface area contributed by atoms with Gasteiger partial charge in [0, 0.05) is 11.3 Å². The number of phenolic OH excluding ortho intramolecular Hbond substituents is 1. The molecule has 0 saturated carbocycles. The predicted molar refractivity (Wildman–Crippen MR) is 135 cm³/mol. The van der Waals surface area contributed by atoms with Gasteiger partial charge in [0.15, 0.2) is 5.71 Å². The number of hydrogen-bond donors (Lipinski definition) is 3. The van der Waals surface area contributed by atoms with Gasteiger partial charge >= 0.3 is 21.4 Å². The molecule has 3 aromatic carbocycles. The van der Waals surface area contributed by atoms with Gasteiger partial charge in [0.1, 0.15) is 11.6 Å². The lowest BCUT2D eigenvalue weighted by atomic mass is 10.0. The summed E-state index contributed by atoms with van der Waals surface area (Å²) in [5, 5.41) is 20.0. The third-order valence-electron chi connectivity index (χ3n) is 5.43. The Morgan fingerprint density at radius 2 is 1.74 bits per heavy atom. The number of nitrogens with one attached hydrogen (secondary N) is 2. The molecule has 1 aliphatic heterocycles. The van der Waals surface area contributed by atoms with Gasteiger partial charge in [0.2, 0.25) is 0 Å². The average molecular weight is 550 g/mol. The number of hydrazone groups is 2. The maximum atomic E-state index is 13.6. The molecule has 0 aliphatic carbocycles. The molecular formula is C24H19F4N5O4S. The number of para-hydroxylation sites is 1. The van der Waals surface area contributed by atoms with Gasteiger partial charge in [-0.05, 0) is 61.4 Å². The highest BCUT2D eigenvalue weighted by Crippen LogP contribution is 2.37. The van der Waals surface area contributed by atoms with Crippen LogP contribution in [0.15, 0.2) is 70.9 Å². The molecule has 38 heavy (non-hydrogen) atoms. The Morgan fingerprint density at radius 3 is 2.42 bits per heavy atom. The Bertz CT molecular complexity index is 1600. The Balaban J connectivity index is 1.58. The van der Waals surface area contributed by atoms with Gasteiger partial charge in [-0.15, -0.1) is 0 Å². The van der Waals surface area contributed by atoms with Crippen molar-refractivity contribution in [3.8, 4) is 16.9 Å². The number of nitrogens with zero attached hydrogens (tertiary/aromatic N) is 3. The van der Waals surface area contributed by atoms with E-state index >= 15 is 0 Å². The summed E-state index contributed by atoms with van der Waals surface area (Å²) in [5.74, 6) is -1.39. The zero-order valence-electron chi connectivity index (χ0n) is 19.7. The number of carbonyl (C=O) groups is 1. The van der Waals surface area contributed by atoms with E-state index in [1.54, 1.807) is 13.8 Å². The minimum atomic E-state index is -5.63. The van der Waals surface area contributed by atoms with Crippen molar-refractivity contribution in [3.63, 3.8) is 0 Å². The maximum Gasteiger partial charge on any atom is 0.516 e. The third-order valence-corrected chi connectivity index (χ3v) is 6.54. The van der Waals surface area contributed by atoms with Gasteiger partial charge in [0.25, 0.3) is 0 Å². The first-order valence-electron chi connectivity index (χ1n) is 10.8. The molecule has 14 heteroatoms. The number of alkyl halides is 3. The summed E-state index contributed by atoms with van der Waals surface area (Å²) in [6.07, 6.45) is 0. The second-order valence-corrected chi connectivity index (χ2v) is 9.82. The fourth-order valence-corrected chi connectivity index (χ4v) is 4.06. The number of benzene rings is 3. The molecule has 198 valence electrons. The highest BCUT2D eigenvalue weighted by molar-refractivity contribution is 7.93. The molecule has 9 nitrogen and oxygen atoms in total. The summed E-state index contributed by atoms with van der Waals surface area (Å²) in [6, 6.07) is 13.5. The van der Waals surface area contributed by atoms with E-state index in [4.69, 9.17) is 0 Å². The van der Waals surface area contributed by atoms with Crippen molar-refractivity contribution in [2.45, 2.75) is 19.4 Å². The first-order chi connectivity index (χ1) is 17.8. The van der Waals surface area contributed by atoms with Crippen LogP contribution in [0.1, 0.15) is 12.5 Å². The standard InChI is InChI=1S/C24H19F4N5O4S/c1-13-11-17(9-10-19(13)25)33-23(35)21(14(2)31-33)30-29-20-8-4-7-18(22(20)34)15-5-3-6-16(12-15)32-38(36,37)24(26,27)28/h3-12,29,32,34H,1-2H3/b30-21-. The molecule has 0 aromatic heterocycles. The fraction of sp³-hybridized carbons (Fsp3) is 0.125. The Kier molecular flexibility index (Phi) is 6.84. The van der Waals surface area contributed by atoms with E-state index in [2.05, 4.69) is 15.6 Å². The van der Waals surface area contributed by atoms with E-state index in [9.17, 15) is 35.9 Å². The minimum Gasteiger partial charge on any atom is -0.505 e. The number of phenols is 1. The molecule has 0 unspecified atom stereocenters. The predicted octanol–water partition coefficient (Wildman–Crippen LogP) is 4.96. The first kappa shape index (κ1) is 26.6. The van der Waals surface area contributed by atoms with E-state index in [0.29, 0.717) is 11.3 Å². The molecule has 4 rings (SSSR count). The molecule has 0 spiro atoms. The molecule has 0 fully saturated rings. The summed E-state index contributed by atoms with van der Waals surface area (Å²) >= 11 is 0. The van der Waals surface area contributed by atoms with Crippen LogP contribution >= 0.6 is 0 Å². The summed E-state index contributed by atoms with van der Waals surface area (Å²) < 4.78 is 76.1. The molecular weight excluding hydrogens is 530 g/mol. The molecule has 0 saturated heterocycles. The lowest BCUT2D eigenvalue weighted by molar-refractivity contribution is -0.112. The Hall–Kier alpha value is -4.46. The summed E-state index contributed by atoms with van der Waals surface area (Å²) in [6.45, 7) is 3.09. The number of rotatable bonds is 6. The molecule has 3 N–H and O–H groups in total. The number of carbonyl (C=O) groups excluding carboxylic acids is 1. The Morgan fingerprint density at radius 1 is 1.03 bits per heavy atom. The number of halogens is 4. The van der Waals surface area contributed by atoms with Crippen LogP contribution in [-0.2, 0) is 14.8 Å². The van der Waals surface area contributed by atoms with Gasteiger partial charge < -0.3 is 5.11 Å². The minimum absolute atomic E-state index is 0.0490. The second kappa shape index (κ2) is 9.78. The van der Waals surface area contributed by atoms with Crippen LogP contribution in [0.4, 0.5) is 34.6 Å². The molecule has 0 atom stereocenters. The highest BCUT2D eigenvalue weighted by Gasteiger charge is 2.46. The van der Waals surface area contributed by atoms with Gasteiger partial charge in [-0.3, -0.25) is 14.9 Å². The second-order valence-electron chi connectivity index (χ2n) is 8.14. The lowest BCUT2D eigenvalue weighted by Crippen LogP contribution is -2.29. The molecule has 1 heterocycles. The van der Waals surface area contributed by atoms with Gasteiger partial charge in [-0.2, -0.15) is 36.8 Å². The number of aryl methyl sites for hydroxylation is 1. The van der Waals surface area contributed by atoms with Crippen molar-refractivity contribution in [3.05, 3.63) is 72.0 Å². The van der Waals surface area contributed by atoms with E-state index < -0.39 is 27.3 Å². The third kappa shape index (κ3) is 5.16. The van der Waals surface area contributed by atoms with E-state index in [-0.39, 0.29) is 39.7 Å². The maximum absolute atomic E-state index is 13.6. The van der Waals surface area contributed by atoms with Crippen LogP contribution < -0.4 is 15.2 Å². The van der Waals surface area contributed by atoms with Crippen LogP contribution in [0.2, 0.25) is 0 Å². The SMILES string of the molecule is CC1=NN(c2ccc(F)c(C)c2)C(=O)/C1=N\Nc1cccc(-c2cccc(NS(=O)(=O)C(F)(F)F)c2)c1O. The largest absolute Gasteiger partial charge is 0.516 e. The number of sulfonamides is 1. The monoisotopic (exact) mass is 549 g/mol. The molecule has 1 amide bonds. The van der Waals surface area contributed by atoms with Gasteiger partial charge in [-0.25, -0.2) is 4.39 Å². The normalized spacial score (nSPS) is 15.1. The van der Waals surface area contributed by atoms with Crippen molar-refractivity contribution in [2.75, 3.05) is 15.2 Å².